The molecular formula is C18H28N2O. The molecule has 0 aromatic heterocycles. The van der Waals surface area contributed by atoms with Gasteiger partial charge in [-0.1, -0.05) is 38.1 Å². The van der Waals surface area contributed by atoms with Gasteiger partial charge in [-0.25, -0.2) is 0 Å². The first-order chi connectivity index (χ1) is 9.90. The number of amides is 1. The van der Waals surface area contributed by atoms with Crippen LogP contribution in [0.1, 0.15) is 44.7 Å². The number of benzene rings is 1. The quantitative estimate of drug-likeness (QED) is 0.894. The monoisotopic (exact) mass is 288 g/mol. The third kappa shape index (κ3) is 4.07. The van der Waals surface area contributed by atoms with Crippen molar-refractivity contribution < 1.29 is 4.79 Å². The van der Waals surface area contributed by atoms with E-state index in [9.17, 15) is 4.79 Å². The number of aryl methyl sites for hydroxylation is 1. The Hall–Kier alpha value is -1.35. The minimum atomic E-state index is -0.0782. The van der Waals surface area contributed by atoms with E-state index in [4.69, 9.17) is 0 Å². The van der Waals surface area contributed by atoms with Crippen LogP contribution in [0.15, 0.2) is 24.3 Å². The highest BCUT2D eigenvalue weighted by molar-refractivity contribution is 5.83. The summed E-state index contributed by atoms with van der Waals surface area (Å²) < 4.78 is 0. The summed E-state index contributed by atoms with van der Waals surface area (Å²) in [6.07, 6.45) is 3.13. The van der Waals surface area contributed by atoms with Crippen molar-refractivity contribution in [1.82, 2.24) is 10.6 Å². The van der Waals surface area contributed by atoms with Crippen molar-refractivity contribution in [2.45, 2.75) is 59.0 Å². The number of nitrogens with one attached hydrogen (secondary N) is 2. The summed E-state index contributed by atoms with van der Waals surface area (Å²) in [5.41, 5.74) is 2.63. The highest BCUT2D eigenvalue weighted by atomic mass is 16.2. The molecule has 0 aliphatic carbocycles. The Kier molecular flexibility index (Phi) is 5.04. The van der Waals surface area contributed by atoms with E-state index in [1.165, 1.54) is 11.1 Å². The zero-order valence-electron chi connectivity index (χ0n) is 13.7. The summed E-state index contributed by atoms with van der Waals surface area (Å²) in [5.74, 6) is 0.140. The van der Waals surface area contributed by atoms with Gasteiger partial charge in [0.1, 0.15) is 0 Å². The smallest absolute Gasteiger partial charge is 0.237 e. The minimum Gasteiger partial charge on any atom is -0.352 e. The summed E-state index contributed by atoms with van der Waals surface area (Å²) in [6, 6.07) is 8.44. The Bertz CT molecular complexity index is 496. The molecule has 1 aliphatic rings. The summed E-state index contributed by atoms with van der Waals surface area (Å²) >= 11 is 0. The van der Waals surface area contributed by atoms with Crippen LogP contribution >= 0.6 is 0 Å². The number of rotatable bonds is 4. The van der Waals surface area contributed by atoms with Crippen molar-refractivity contribution in [3.63, 3.8) is 0 Å². The summed E-state index contributed by atoms with van der Waals surface area (Å²) in [7, 11) is 0. The first-order valence-electron chi connectivity index (χ1n) is 7.98. The zero-order chi connectivity index (χ0) is 15.5. The second kappa shape index (κ2) is 6.61. The predicted molar refractivity (Wildman–Crippen MR) is 87.3 cm³/mol. The van der Waals surface area contributed by atoms with E-state index in [1.54, 1.807) is 0 Å². The summed E-state index contributed by atoms with van der Waals surface area (Å²) in [4.78, 5) is 12.5. The molecular weight excluding hydrogens is 260 g/mol. The van der Waals surface area contributed by atoms with E-state index in [-0.39, 0.29) is 23.4 Å². The molecule has 3 heteroatoms. The predicted octanol–water partition coefficient (Wildman–Crippen LogP) is 2.82. The molecule has 1 aromatic carbocycles. The Morgan fingerprint density at radius 2 is 2.14 bits per heavy atom. The topological polar surface area (TPSA) is 41.1 Å². The lowest BCUT2D eigenvalue weighted by Gasteiger charge is -2.38. The Morgan fingerprint density at radius 1 is 1.43 bits per heavy atom. The van der Waals surface area contributed by atoms with Gasteiger partial charge in [-0.3, -0.25) is 4.79 Å². The van der Waals surface area contributed by atoms with Crippen LogP contribution in [0.5, 0.6) is 0 Å². The molecule has 1 fully saturated rings. The van der Waals surface area contributed by atoms with Crippen LogP contribution in [0, 0.1) is 12.3 Å². The second-order valence-corrected chi connectivity index (χ2v) is 7.02. The van der Waals surface area contributed by atoms with Crippen molar-refractivity contribution in [3.05, 3.63) is 35.4 Å². The van der Waals surface area contributed by atoms with Gasteiger partial charge in [0.2, 0.25) is 5.91 Å². The molecule has 0 spiro atoms. The van der Waals surface area contributed by atoms with Gasteiger partial charge in [0.05, 0.1) is 6.04 Å². The molecule has 2 atom stereocenters. The third-order valence-corrected chi connectivity index (χ3v) is 4.57. The maximum absolute atomic E-state index is 12.5. The van der Waals surface area contributed by atoms with Crippen molar-refractivity contribution >= 4 is 5.91 Å². The van der Waals surface area contributed by atoms with Crippen LogP contribution in [-0.2, 0) is 11.2 Å². The largest absolute Gasteiger partial charge is 0.352 e. The van der Waals surface area contributed by atoms with Crippen LogP contribution in [-0.4, -0.2) is 24.5 Å². The maximum Gasteiger partial charge on any atom is 0.237 e. The molecule has 1 saturated heterocycles. The fourth-order valence-corrected chi connectivity index (χ4v) is 3.20. The number of piperidine rings is 1. The molecule has 2 rings (SSSR count). The normalized spacial score (nSPS) is 22.6. The second-order valence-electron chi connectivity index (χ2n) is 7.02. The molecule has 1 aliphatic heterocycles. The van der Waals surface area contributed by atoms with Gasteiger partial charge in [0.15, 0.2) is 0 Å². The number of carbonyl (C=O) groups is 1. The molecule has 1 heterocycles. The van der Waals surface area contributed by atoms with Crippen LogP contribution < -0.4 is 10.6 Å². The van der Waals surface area contributed by atoms with Gasteiger partial charge in [-0.15, -0.1) is 0 Å². The molecule has 0 saturated carbocycles. The van der Waals surface area contributed by atoms with E-state index in [1.807, 2.05) is 0 Å². The first kappa shape index (κ1) is 16.0. The molecule has 2 unspecified atom stereocenters. The van der Waals surface area contributed by atoms with E-state index in [0.29, 0.717) is 0 Å². The number of hydrogen-bond donors (Lipinski definition) is 2. The van der Waals surface area contributed by atoms with Gasteiger partial charge < -0.3 is 10.6 Å². The summed E-state index contributed by atoms with van der Waals surface area (Å²) in [6.45, 7) is 9.49. The lowest BCUT2D eigenvalue weighted by molar-refractivity contribution is -0.127. The van der Waals surface area contributed by atoms with Crippen LogP contribution in [0.25, 0.3) is 0 Å². The number of carbonyl (C=O) groups excluding carboxylic acids is 1. The Morgan fingerprint density at radius 3 is 2.81 bits per heavy atom. The third-order valence-electron chi connectivity index (χ3n) is 4.57. The Labute approximate surface area is 128 Å². The highest BCUT2D eigenvalue weighted by Gasteiger charge is 2.37. The molecule has 0 radical (unpaired) electrons. The molecule has 1 aromatic rings. The highest BCUT2D eigenvalue weighted by Crippen LogP contribution is 2.30. The van der Waals surface area contributed by atoms with Crippen molar-refractivity contribution in [1.29, 1.82) is 0 Å². The molecule has 2 N–H and O–H groups in total. The SMILES string of the molecule is Cc1ccccc1CC(C)NC(=O)C1NCCCC1(C)C. The zero-order valence-corrected chi connectivity index (χ0v) is 13.7. The average Bonchev–Trinajstić information content (AvgIpc) is 2.40. The lowest BCUT2D eigenvalue weighted by Crippen LogP contribution is -2.57. The Balaban J connectivity index is 1.94. The van der Waals surface area contributed by atoms with Crippen LogP contribution in [0.4, 0.5) is 0 Å². The van der Waals surface area contributed by atoms with Gasteiger partial charge in [-0.05, 0) is 56.2 Å². The average molecular weight is 288 g/mol. The molecule has 1 amide bonds. The standard InChI is InChI=1S/C18H28N2O/c1-13-8-5-6-9-15(13)12-14(2)20-17(21)16-18(3,4)10-7-11-19-16/h5-6,8-9,14,16,19H,7,10-12H2,1-4H3,(H,20,21). The van der Waals surface area contributed by atoms with Gasteiger partial charge >= 0.3 is 0 Å². The molecule has 21 heavy (non-hydrogen) atoms. The van der Waals surface area contributed by atoms with Crippen molar-refractivity contribution in [2.75, 3.05) is 6.54 Å². The number of hydrogen-bond acceptors (Lipinski definition) is 2. The van der Waals surface area contributed by atoms with E-state index >= 15 is 0 Å². The first-order valence-corrected chi connectivity index (χ1v) is 7.98. The van der Waals surface area contributed by atoms with E-state index < -0.39 is 0 Å². The molecule has 116 valence electrons. The van der Waals surface area contributed by atoms with Crippen molar-refractivity contribution in [2.24, 2.45) is 5.41 Å². The van der Waals surface area contributed by atoms with Gasteiger partial charge in [0, 0.05) is 6.04 Å². The molecule has 3 nitrogen and oxygen atoms in total. The van der Waals surface area contributed by atoms with Gasteiger partial charge in [0.25, 0.3) is 0 Å². The minimum absolute atomic E-state index is 0.0325. The van der Waals surface area contributed by atoms with Crippen LogP contribution in [0.3, 0.4) is 0 Å². The maximum atomic E-state index is 12.5. The fourth-order valence-electron chi connectivity index (χ4n) is 3.20. The van der Waals surface area contributed by atoms with Gasteiger partial charge in [-0.2, -0.15) is 0 Å². The van der Waals surface area contributed by atoms with E-state index in [0.717, 1.165) is 25.8 Å². The van der Waals surface area contributed by atoms with Crippen LogP contribution in [0.2, 0.25) is 0 Å². The van der Waals surface area contributed by atoms with E-state index in [2.05, 4.69) is 62.6 Å². The molecule has 0 bridgehead atoms. The van der Waals surface area contributed by atoms with Crippen molar-refractivity contribution in [3.8, 4) is 0 Å². The summed E-state index contributed by atoms with van der Waals surface area (Å²) in [5, 5.41) is 6.56. The lowest BCUT2D eigenvalue weighted by atomic mass is 9.77. The fraction of sp³-hybridized carbons (Fsp3) is 0.611.